The van der Waals surface area contributed by atoms with Gasteiger partial charge in [-0.2, -0.15) is 0 Å². The third-order valence-electron chi connectivity index (χ3n) is 5.75. The van der Waals surface area contributed by atoms with Crippen LogP contribution in [0.25, 0.3) is 11.3 Å². The molecule has 3 aromatic carbocycles. The summed E-state index contributed by atoms with van der Waals surface area (Å²) in [4.78, 5) is 8.05. The standard InChI is InChI=1S/C29H32FN5O2/c1-5-36-22-14-23(26(30)25(15-22)37-17(2)3)27(34-21-12-10-20(11-13-21)28(31)32)29-33-16-24(35-29)19-8-6-18(4)7-9-19/h6-17,27,34H,5H2,1-4H3,(H3,31,32)(H,33,35). The van der Waals surface area contributed by atoms with E-state index in [0.717, 1.165) is 16.8 Å². The number of amidine groups is 1. The molecular weight excluding hydrogens is 469 g/mol. The highest BCUT2D eigenvalue weighted by atomic mass is 19.1. The Morgan fingerprint density at radius 1 is 1.11 bits per heavy atom. The number of rotatable bonds is 10. The van der Waals surface area contributed by atoms with Gasteiger partial charge in [-0.3, -0.25) is 5.41 Å². The first-order valence-corrected chi connectivity index (χ1v) is 12.2. The van der Waals surface area contributed by atoms with Gasteiger partial charge in [0.1, 0.15) is 23.5 Å². The second kappa shape index (κ2) is 11.2. The van der Waals surface area contributed by atoms with Crippen molar-refractivity contribution in [2.45, 2.75) is 39.8 Å². The fourth-order valence-corrected chi connectivity index (χ4v) is 3.96. The van der Waals surface area contributed by atoms with Crippen molar-refractivity contribution in [2.24, 2.45) is 5.73 Å². The minimum absolute atomic E-state index is 0.0252. The molecule has 5 N–H and O–H groups in total. The Labute approximate surface area is 216 Å². The van der Waals surface area contributed by atoms with Crippen molar-refractivity contribution in [1.29, 1.82) is 5.41 Å². The minimum Gasteiger partial charge on any atom is -0.494 e. The number of aromatic nitrogens is 2. The van der Waals surface area contributed by atoms with Crippen molar-refractivity contribution in [3.05, 3.63) is 95.2 Å². The van der Waals surface area contributed by atoms with Crippen molar-refractivity contribution < 1.29 is 13.9 Å². The van der Waals surface area contributed by atoms with Crippen LogP contribution in [0.1, 0.15) is 49.3 Å². The van der Waals surface area contributed by atoms with Crippen molar-refractivity contribution in [3.63, 3.8) is 0 Å². The Hall–Kier alpha value is -4.33. The Balaban J connectivity index is 1.81. The molecular formula is C29H32FN5O2. The third-order valence-corrected chi connectivity index (χ3v) is 5.75. The van der Waals surface area contributed by atoms with Crippen LogP contribution in [0.5, 0.6) is 11.5 Å². The molecule has 0 fully saturated rings. The lowest BCUT2D eigenvalue weighted by Crippen LogP contribution is -2.18. The number of ether oxygens (including phenoxy) is 2. The molecule has 7 nitrogen and oxygen atoms in total. The molecule has 1 aromatic heterocycles. The molecule has 0 aliphatic rings. The summed E-state index contributed by atoms with van der Waals surface area (Å²) in [7, 11) is 0. The number of imidazole rings is 1. The predicted molar refractivity (Wildman–Crippen MR) is 145 cm³/mol. The number of H-pyrrole nitrogens is 1. The molecule has 1 heterocycles. The van der Waals surface area contributed by atoms with Gasteiger partial charge in [0.15, 0.2) is 11.6 Å². The van der Waals surface area contributed by atoms with Crippen LogP contribution < -0.4 is 20.5 Å². The van der Waals surface area contributed by atoms with Crippen LogP contribution in [0.4, 0.5) is 10.1 Å². The Morgan fingerprint density at radius 2 is 1.81 bits per heavy atom. The van der Waals surface area contributed by atoms with Gasteiger partial charge in [-0.15, -0.1) is 0 Å². The maximum Gasteiger partial charge on any atom is 0.171 e. The molecule has 192 valence electrons. The number of nitrogens with two attached hydrogens (primary N) is 1. The first-order valence-electron chi connectivity index (χ1n) is 12.2. The Bertz CT molecular complexity index is 1360. The average molecular weight is 502 g/mol. The van der Waals surface area contributed by atoms with Gasteiger partial charge in [0.25, 0.3) is 0 Å². The van der Waals surface area contributed by atoms with Gasteiger partial charge in [0, 0.05) is 34.6 Å². The molecule has 0 bridgehead atoms. The van der Waals surface area contributed by atoms with Gasteiger partial charge >= 0.3 is 0 Å². The van der Waals surface area contributed by atoms with Crippen molar-refractivity contribution in [3.8, 4) is 22.8 Å². The zero-order valence-corrected chi connectivity index (χ0v) is 21.4. The number of nitrogen functional groups attached to an aromatic ring is 1. The molecule has 4 aromatic rings. The van der Waals surface area contributed by atoms with E-state index in [1.807, 2.05) is 58.2 Å². The average Bonchev–Trinajstić information content (AvgIpc) is 3.35. The maximum absolute atomic E-state index is 15.9. The number of hydrogen-bond donors (Lipinski definition) is 4. The number of benzene rings is 3. The first kappa shape index (κ1) is 25.8. The lowest BCUT2D eigenvalue weighted by Gasteiger charge is -2.22. The van der Waals surface area contributed by atoms with Crippen molar-refractivity contribution >= 4 is 11.5 Å². The summed E-state index contributed by atoms with van der Waals surface area (Å²) in [6.45, 7) is 8.02. The normalized spacial score (nSPS) is 11.8. The zero-order valence-electron chi connectivity index (χ0n) is 21.4. The van der Waals surface area contributed by atoms with Crippen LogP contribution in [-0.2, 0) is 0 Å². The number of aryl methyl sites for hydroxylation is 1. The fraction of sp³-hybridized carbons (Fsp3) is 0.241. The van der Waals surface area contributed by atoms with Gasteiger partial charge in [0.05, 0.1) is 18.4 Å². The highest BCUT2D eigenvalue weighted by molar-refractivity contribution is 5.95. The molecule has 0 aliphatic carbocycles. The lowest BCUT2D eigenvalue weighted by molar-refractivity contribution is 0.228. The largest absolute Gasteiger partial charge is 0.494 e. The molecule has 37 heavy (non-hydrogen) atoms. The topological polar surface area (TPSA) is 109 Å². The fourth-order valence-electron chi connectivity index (χ4n) is 3.96. The van der Waals surface area contributed by atoms with Gasteiger partial charge in [-0.05, 0) is 58.0 Å². The summed E-state index contributed by atoms with van der Waals surface area (Å²) in [6.07, 6.45) is 1.59. The quantitative estimate of drug-likeness (QED) is 0.153. The molecule has 0 saturated heterocycles. The van der Waals surface area contributed by atoms with E-state index < -0.39 is 11.9 Å². The Morgan fingerprint density at radius 3 is 2.43 bits per heavy atom. The smallest absolute Gasteiger partial charge is 0.171 e. The predicted octanol–water partition coefficient (Wildman–Crippen LogP) is 6.20. The second-order valence-electron chi connectivity index (χ2n) is 9.03. The number of hydrogen-bond acceptors (Lipinski definition) is 5. The number of aromatic amines is 1. The summed E-state index contributed by atoms with van der Waals surface area (Å²) in [5.74, 6) is 0.610. The summed E-state index contributed by atoms with van der Waals surface area (Å²) >= 11 is 0. The van der Waals surface area contributed by atoms with Crippen LogP contribution in [0, 0.1) is 18.2 Å². The van der Waals surface area contributed by atoms with E-state index in [4.69, 9.17) is 25.6 Å². The van der Waals surface area contributed by atoms with E-state index in [-0.39, 0.29) is 17.7 Å². The molecule has 1 atom stereocenters. The van der Waals surface area contributed by atoms with Gasteiger partial charge in [-0.25, -0.2) is 9.37 Å². The van der Waals surface area contributed by atoms with E-state index >= 15 is 4.39 Å². The second-order valence-corrected chi connectivity index (χ2v) is 9.03. The molecule has 1 unspecified atom stereocenters. The van der Waals surface area contributed by atoms with Crippen LogP contribution >= 0.6 is 0 Å². The third kappa shape index (κ3) is 6.09. The van der Waals surface area contributed by atoms with E-state index in [2.05, 4.69) is 10.3 Å². The highest BCUT2D eigenvalue weighted by Gasteiger charge is 2.26. The first-order chi connectivity index (χ1) is 17.7. The van der Waals surface area contributed by atoms with Gasteiger partial charge < -0.3 is 25.5 Å². The molecule has 4 rings (SSSR count). The molecule has 0 aliphatic heterocycles. The molecule has 0 spiro atoms. The summed E-state index contributed by atoms with van der Waals surface area (Å²) < 4.78 is 27.5. The zero-order chi connectivity index (χ0) is 26.5. The maximum atomic E-state index is 15.9. The highest BCUT2D eigenvalue weighted by Crippen LogP contribution is 2.36. The molecule has 0 amide bonds. The monoisotopic (exact) mass is 501 g/mol. The SMILES string of the molecule is CCOc1cc(OC(C)C)c(F)c(C(Nc2ccc(C(=N)N)cc2)c2nc(-c3ccc(C)cc3)c[nH]2)c1. The van der Waals surface area contributed by atoms with Crippen LogP contribution in [0.3, 0.4) is 0 Å². The molecule has 0 radical (unpaired) electrons. The van der Waals surface area contributed by atoms with E-state index in [1.54, 1.807) is 36.4 Å². The molecule has 8 heteroatoms. The van der Waals surface area contributed by atoms with Gasteiger partial charge in [-0.1, -0.05) is 29.8 Å². The summed E-state index contributed by atoms with van der Waals surface area (Å²) in [5, 5.41) is 11.0. The van der Waals surface area contributed by atoms with Crippen molar-refractivity contribution in [1.82, 2.24) is 9.97 Å². The summed E-state index contributed by atoms with van der Waals surface area (Å²) in [6, 6.07) is 17.7. The number of nitrogens with one attached hydrogen (secondary N) is 3. The minimum atomic E-state index is -0.697. The molecule has 0 saturated carbocycles. The van der Waals surface area contributed by atoms with Crippen LogP contribution in [0.2, 0.25) is 0 Å². The van der Waals surface area contributed by atoms with Crippen LogP contribution in [-0.4, -0.2) is 28.5 Å². The lowest BCUT2D eigenvalue weighted by atomic mass is 10.0. The van der Waals surface area contributed by atoms with Crippen molar-refractivity contribution in [2.75, 3.05) is 11.9 Å². The van der Waals surface area contributed by atoms with E-state index in [0.29, 0.717) is 35.0 Å². The number of nitrogens with zero attached hydrogens (tertiary/aromatic N) is 1. The Kier molecular flexibility index (Phi) is 7.77. The summed E-state index contributed by atoms with van der Waals surface area (Å²) in [5.41, 5.74) is 10.1. The number of anilines is 1. The van der Waals surface area contributed by atoms with Gasteiger partial charge in [0.2, 0.25) is 0 Å². The number of halogens is 1. The van der Waals surface area contributed by atoms with E-state index in [1.165, 1.54) is 0 Å². The van der Waals surface area contributed by atoms with Crippen LogP contribution in [0.15, 0.2) is 66.9 Å². The van der Waals surface area contributed by atoms with E-state index in [9.17, 15) is 0 Å².